The molecule has 0 bridgehead atoms. The van der Waals surface area contributed by atoms with Crippen LogP contribution < -0.4 is 10.6 Å². The summed E-state index contributed by atoms with van der Waals surface area (Å²) in [6.07, 6.45) is 4.88. The highest BCUT2D eigenvalue weighted by atomic mass is 35.5. The van der Waals surface area contributed by atoms with Crippen molar-refractivity contribution in [3.63, 3.8) is 0 Å². The van der Waals surface area contributed by atoms with Crippen LogP contribution in [0, 0.1) is 0 Å². The minimum Gasteiger partial charge on any atom is -0.357 e. The molecule has 104 valence electrons. The van der Waals surface area contributed by atoms with Crippen molar-refractivity contribution in [3.8, 4) is 0 Å². The van der Waals surface area contributed by atoms with Gasteiger partial charge in [0.25, 0.3) is 0 Å². The van der Waals surface area contributed by atoms with Crippen molar-refractivity contribution in [2.45, 2.75) is 11.8 Å². The quantitative estimate of drug-likeness (QED) is 0.848. The molecule has 0 aliphatic carbocycles. The molecule has 0 saturated carbocycles. The van der Waals surface area contributed by atoms with Crippen molar-refractivity contribution in [3.05, 3.63) is 62.6 Å². The Morgan fingerprint density at radius 2 is 2.05 bits per heavy atom. The Bertz CT molecular complexity index is 635. The summed E-state index contributed by atoms with van der Waals surface area (Å²) in [5.74, 6) is 0. The second-order valence-corrected chi connectivity index (χ2v) is 6.72. The molecule has 0 fully saturated rings. The summed E-state index contributed by atoms with van der Waals surface area (Å²) in [6.45, 7) is 0. The number of hydrogen-bond donors (Lipinski definition) is 2. The molecule has 0 spiro atoms. The van der Waals surface area contributed by atoms with E-state index in [1.165, 1.54) is 10.6 Å². The van der Waals surface area contributed by atoms with Crippen LogP contribution in [0.15, 0.2) is 52.1 Å². The monoisotopic (exact) mass is 324 g/mol. The molecule has 0 radical (unpaired) electrons. The van der Waals surface area contributed by atoms with Crippen LogP contribution in [0.25, 0.3) is 5.70 Å². The van der Waals surface area contributed by atoms with Crippen molar-refractivity contribution in [2.24, 2.45) is 0 Å². The largest absolute Gasteiger partial charge is 0.357 e. The number of nitrogens with one attached hydrogen (secondary N) is 2. The second-order valence-electron chi connectivity index (χ2n) is 4.63. The van der Waals surface area contributed by atoms with E-state index in [1.54, 1.807) is 11.8 Å². The van der Waals surface area contributed by atoms with Crippen molar-refractivity contribution in [2.75, 3.05) is 7.05 Å². The highest BCUT2D eigenvalue weighted by molar-refractivity contribution is 8.04. The summed E-state index contributed by atoms with van der Waals surface area (Å²) in [7, 11) is 1.97. The lowest BCUT2D eigenvalue weighted by Crippen LogP contribution is -2.21. The van der Waals surface area contributed by atoms with Crippen molar-refractivity contribution in [1.29, 1.82) is 0 Å². The van der Waals surface area contributed by atoms with E-state index in [4.69, 9.17) is 23.2 Å². The maximum absolute atomic E-state index is 6.31. The smallest absolute Gasteiger partial charge is 0.0633 e. The van der Waals surface area contributed by atoms with E-state index in [1.807, 2.05) is 43.5 Å². The van der Waals surface area contributed by atoms with Gasteiger partial charge in [-0.15, -0.1) is 11.8 Å². The molecule has 5 heteroatoms. The average Bonchev–Trinajstić information content (AvgIpc) is 2.73. The SMILES string of the molecule is CNC1CC2=C(C=C(Cl)C=C(c3ccccc3Cl)N2)S1. The molecule has 0 aromatic heterocycles. The van der Waals surface area contributed by atoms with Crippen LogP contribution in [0.1, 0.15) is 12.0 Å². The normalized spacial score (nSPS) is 21.9. The molecule has 0 amide bonds. The molecule has 1 aromatic rings. The molecular formula is C15H14Cl2N2S. The number of hydrogen-bond acceptors (Lipinski definition) is 3. The van der Waals surface area contributed by atoms with Gasteiger partial charge in [-0.3, -0.25) is 0 Å². The lowest BCUT2D eigenvalue weighted by molar-refractivity contribution is 0.726. The summed E-state index contributed by atoms with van der Waals surface area (Å²) >= 11 is 14.4. The molecular weight excluding hydrogens is 311 g/mol. The van der Waals surface area contributed by atoms with Gasteiger partial charge < -0.3 is 10.6 Å². The Balaban J connectivity index is 1.96. The molecule has 1 atom stereocenters. The van der Waals surface area contributed by atoms with Crippen LogP contribution in [0.2, 0.25) is 5.02 Å². The first kappa shape index (κ1) is 14.1. The fourth-order valence-electron chi connectivity index (χ4n) is 2.27. The van der Waals surface area contributed by atoms with E-state index in [2.05, 4.69) is 10.6 Å². The predicted molar refractivity (Wildman–Crippen MR) is 88.6 cm³/mol. The van der Waals surface area contributed by atoms with Gasteiger partial charge in [0.05, 0.1) is 5.37 Å². The van der Waals surface area contributed by atoms with Crippen LogP contribution in [0.5, 0.6) is 0 Å². The predicted octanol–water partition coefficient (Wildman–Crippen LogP) is 4.30. The average molecular weight is 325 g/mol. The maximum atomic E-state index is 6.31. The van der Waals surface area contributed by atoms with Gasteiger partial charge in [0, 0.05) is 38.3 Å². The molecule has 1 unspecified atom stereocenters. The summed E-state index contributed by atoms with van der Waals surface area (Å²) < 4.78 is 0. The highest BCUT2D eigenvalue weighted by Gasteiger charge is 2.25. The standard InChI is InChI=1S/C15H14Cl2N2S/c1-18-15-8-13-14(20-15)7-9(16)6-12(19-13)10-4-2-3-5-11(10)17/h2-7,15,18-19H,8H2,1H3. The van der Waals surface area contributed by atoms with E-state index < -0.39 is 0 Å². The zero-order chi connectivity index (χ0) is 14.1. The summed E-state index contributed by atoms with van der Waals surface area (Å²) in [5.41, 5.74) is 3.10. The molecule has 2 aliphatic heterocycles. The van der Waals surface area contributed by atoms with Gasteiger partial charge in [0.2, 0.25) is 0 Å². The molecule has 2 nitrogen and oxygen atoms in total. The summed E-state index contributed by atoms with van der Waals surface area (Å²) in [6, 6.07) is 7.78. The van der Waals surface area contributed by atoms with Crippen LogP contribution in [-0.2, 0) is 0 Å². The Labute approximate surface area is 132 Å². The number of benzene rings is 1. The third-order valence-electron chi connectivity index (χ3n) is 3.28. The van der Waals surface area contributed by atoms with Crippen LogP contribution >= 0.6 is 35.0 Å². The molecule has 2 aliphatic rings. The first-order valence-corrected chi connectivity index (χ1v) is 7.99. The third kappa shape index (κ3) is 2.77. The van der Waals surface area contributed by atoms with Crippen LogP contribution in [-0.4, -0.2) is 12.4 Å². The second kappa shape index (κ2) is 5.86. The first-order chi connectivity index (χ1) is 9.67. The van der Waals surface area contributed by atoms with Gasteiger partial charge >= 0.3 is 0 Å². The van der Waals surface area contributed by atoms with Gasteiger partial charge in [-0.2, -0.15) is 0 Å². The van der Waals surface area contributed by atoms with Gasteiger partial charge in [-0.25, -0.2) is 0 Å². The van der Waals surface area contributed by atoms with Crippen molar-refractivity contribution < 1.29 is 0 Å². The van der Waals surface area contributed by atoms with Crippen LogP contribution in [0.3, 0.4) is 0 Å². The lowest BCUT2D eigenvalue weighted by Gasteiger charge is -2.14. The number of thioether (sulfide) groups is 1. The van der Waals surface area contributed by atoms with Crippen LogP contribution in [0.4, 0.5) is 0 Å². The van der Waals surface area contributed by atoms with E-state index in [0.29, 0.717) is 10.4 Å². The lowest BCUT2D eigenvalue weighted by atomic mass is 10.1. The fraction of sp³-hybridized carbons (Fsp3) is 0.200. The maximum Gasteiger partial charge on any atom is 0.0633 e. The Morgan fingerprint density at radius 3 is 2.80 bits per heavy atom. The molecule has 3 rings (SSSR count). The topological polar surface area (TPSA) is 24.1 Å². The highest BCUT2D eigenvalue weighted by Crippen LogP contribution is 2.40. The molecule has 2 N–H and O–H groups in total. The number of halogens is 2. The Kier molecular flexibility index (Phi) is 4.13. The summed E-state index contributed by atoms with van der Waals surface area (Å²) in [4.78, 5) is 1.19. The minimum absolute atomic E-state index is 0.388. The summed E-state index contributed by atoms with van der Waals surface area (Å²) in [5, 5.41) is 8.59. The molecule has 2 heterocycles. The van der Waals surface area contributed by atoms with Gasteiger partial charge in [-0.1, -0.05) is 41.4 Å². The van der Waals surface area contributed by atoms with Crippen molar-refractivity contribution >= 4 is 40.7 Å². The minimum atomic E-state index is 0.388. The zero-order valence-electron chi connectivity index (χ0n) is 10.9. The van der Waals surface area contributed by atoms with E-state index >= 15 is 0 Å². The van der Waals surface area contributed by atoms with Gasteiger partial charge in [0.1, 0.15) is 0 Å². The van der Waals surface area contributed by atoms with E-state index in [0.717, 1.165) is 22.7 Å². The molecule has 1 aromatic carbocycles. The number of rotatable bonds is 2. The number of allylic oxidation sites excluding steroid dienone is 3. The first-order valence-electron chi connectivity index (χ1n) is 6.35. The third-order valence-corrected chi connectivity index (χ3v) is 5.13. The zero-order valence-corrected chi connectivity index (χ0v) is 13.2. The van der Waals surface area contributed by atoms with Gasteiger partial charge in [-0.05, 0) is 25.3 Å². The van der Waals surface area contributed by atoms with E-state index in [9.17, 15) is 0 Å². The Hall–Kier alpha value is -0.870. The van der Waals surface area contributed by atoms with E-state index in [-0.39, 0.29) is 0 Å². The molecule has 0 saturated heterocycles. The Morgan fingerprint density at radius 1 is 1.25 bits per heavy atom. The fourth-order valence-corrected chi connectivity index (χ4v) is 3.94. The molecule has 20 heavy (non-hydrogen) atoms. The van der Waals surface area contributed by atoms with Crippen molar-refractivity contribution in [1.82, 2.24) is 10.6 Å². The van der Waals surface area contributed by atoms with Gasteiger partial charge in [0.15, 0.2) is 0 Å².